The van der Waals surface area contributed by atoms with Crippen molar-refractivity contribution in [1.82, 2.24) is 16.0 Å². The second-order valence-corrected chi connectivity index (χ2v) is 6.27. The summed E-state index contributed by atoms with van der Waals surface area (Å²) >= 11 is 0. The number of rotatable bonds is 13. The molecule has 0 heterocycles. The van der Waals surface area contributed by atoms with E-state index in [1.54, 1.807) is 13.8 Å². The summed E-state index contributed by atoms with van der Waals surface area (Å²) in [6, 6.07) is -3.69. The van der Waals surface area contributed by atoms with E-state index >= 15 is 0 Å². The van der Waals surface area contributed by atoms with Crippen molar-refractivity contribution in [2.75, 3.05) is 6.54 Å². The highest BCUT2D eigenvalue weighted by Gasteiger charge is 2.24. The average Bonchev–Trinajstić information content (AvgIpc) is 2.56. The molecular formula is C16H27N3O8. The number of urea groups is 1. The van der Waals surface area contributed by atoms with Crippen LogP contribution in [0.1, 0.15) is 46.0 Å². The highest BCUT2D eigenvalue weighted by Crippen LogP contribution is 2.03. The van der Waals surface area contributed by atoms with Crippen molar-refractivity contribution in [2.45, 2.75) is 58.0 Å². The van der Waals surface area contributed by atoms with Crippen molar-refractivity contribution in [1.29, 1.82) is 0 Å². The highest BCUT2D eigenvalue weighted by atomic mass is 16.4. The van der Waals surface area contributed by atoms with E-state index in [9.17, 15) is 24.0 Å². The molecule has 0 aromatic heterocycles. The molecule has 2 atom stereocenters. The van der Waals surface area contributed by atoms with Gasteiger partial charge in [0, 0.05) is 18.9 Å². The van der Waals surface area contributed by atoms with Crippen molar-refractivity contribution in [3.63, 3.8) is 0 Å². The third kappa shape index (κ3) is 11.4. The van der Waals surface area contributed by atoms with E-state index in [1.807, 2.05) is 0 Å². The number of nitrogens with one attached hydrogen (secondary N) is 3. The van der Waals surface area contributed by atoms with Crippen LogP contribution in [-0.2, 0) is 19.2 Å². The number of carbonyl (C=O) groups is 5. The standard InChI is InChI=1S/C16H27N3O8/c1-9(2)13(22)17-8-4-3-5-10(14(23)24)18-16(27)19-11(15(25)26)6-7-12(20)21/h9-11H,3-8H2,1-2H3,(H,17,22)(H,20,21)(H,23,24)(H,25,26)(H2,18,19,27)/t10-,11-/m0/s1. The van der Waals surface area contributed by atoms with Crippen LogP contribution >= 0.6 is 0 Å². The van der Waals surface area contributed by atoms with Gasteiger partial charge < -0.3 is 31.3 Å². The zero-order valence-corrected chi connectivity index (χ0v) is 15.4. The monoisotopic (exact) mass is 389 g/mol. The van der Waals surface area contributed by atoms with Crippen LogP contribution in [0.15, 0.2) is 0 Å². The molecule has 6 N–H and O–H groups in total. The molecule has 0 spiro atoms. The molecule has 0 aromatic rings. The fourth-order valence-corrected chi connectivity index (χ4v) is 2.03. The molecule has 0 aliphatic carbocycles. The molecule has 0 aromatic carbocycles. The number of carbonyl (C=O) groups excluding carboxylic acids is 2. The van der Waals surface area contributed by atoms with Gasteiger partial charge in [-0.3, -0.25) is 9.59 Å². The molecule has 0 fully saturated rings. The fourth-order valence-electron chi connectivity index (χ4n) is 2.03. The lowest BCUT2D eigenvalue weighted by Gasteiger charge is -2.18. The number of hydrogen-bond donors (Lipinski definition) is 6. The maximum absolute atomic E-state index is 11.8. The van der Waals surface area contributed by atoms with Crippen LogP contribution in [0.2, 0.25) is 0 Å². The van der Waals surface area contributed by atoms with Gasteiger partial charge in [-0.1, -0.05) is 13.8 Å². The van der Waals surface area contributed by atoms with Gasteiger partial charge in [-0.15, -0.1) is 0 Å². The molecular weight excluding hydrogens is 362 g/mol. The number of hydrogen-bond acceptors (Lipinski definition) is 5. The van der Waals surface area contributed by atoms with Crippen LogP contribution in [0, 0.1) is 5.92 Å². The molecule has 0 radical (unpaired) electrons. The average molecular weight is 389 g/mol. The van der Waals surface area contributed by atoms with Crippen LogP contribution in [0.4, 0.5) is 4.79 Å². The minimum absolute atomic E-state index is 0.0904. The van der Waals surface area contributed by atoms with Crippen LogP contribution < -0.4 is 16.0 Å². The van der Waals surface area contributed by atoms with Crippen molar-refractivity contribution < 1.29 is 39.3 Å². The normalized spacial score (nSPS) is 12.7. The van der Waals surface area contributed by atoms with Gasteiger partial charge in [-0.2, -0.15) is 0 Å². The molecule has 0 bridgehead atoms. The summed E-state index contributed by atoms with van der Waals surface area (Å²) in [5.74, 6) is -4.17. The van der Waals surface area contributed by atoms with E-state index in [2.05, 4.69) is 16.0 Å². The minimum Gasteiger partial charge on any atom is -0.481 e. The Kier molecular flexibility index (Phi) is 11.2. The van der Waals surface area contributed by atoms with Gasteiger partial charge in [0.25, 0.3) is 0 Å². The topological polar surface area (TPSA) is 182 Å². The van der Waals surface area contributed by atoms with Gasteiger partial charge in [-0.05, 0) is 25.7 Å². The molecule has 0 unspecified atom stereocenters. The Labute approximate surface area is 156 Å². The maximum atomic E-state index is 11.8. The zero-order valence-electron chi connectivity index (χ0n) is 15.4. The van der Waals surface area contributed by atoms with E-state index in [0.717, 1.165) is 0 Å². The quantitative estimate of drug-likeness (QED) is 0.238. The van der Waals surface area contributed by atoms with Crippen LogP contribution in [0.25, 0.3) is 0 Å². The summed E-state index contributed by atoms with van der Waals surface area (Å²) in [7, 11) is 0. The van der Waals surface area contributed by atoms with Crippen molar-refractivity contribution in [3.05, 3.63) is 0 Å². The number of carboxylic acids is 3. The number of aliphatic carboxylic acids is 3. The first kappa shape index (κ1) is 24.1. The Hall–Kier alpha value is -2.85. The minimum atomic E-state index is -1.44. The third-order valence-corrected chi connectivity index (χ3v) is 3.60. The fraction of sp³-hybridized carbons (Fsp3) is 0.688. The van der Waals surface area contributed by atoms with E-state index < -0.39 is 42.4 Å². The summed E-state index contributed by atoms with van der Waals surface area (Å²) in [6.45, 7) is 3.88. The van der Waals surface area contributed by atoms with Crippen LogP contribution in [0.5, 0.6) is 0 Å². The van der Waals surface area contributed by atoms with Crippen molar-refractivity contribution in [3.8, 4) is 0 Å². The second kappa shape index (κ2) is 12.5. The molecule has 11 nitrogen and oxygen atoms in total. The van der Waals surface area contributed by atoms with Gasteiger partial charge in [0.1, 0.15) is 12.1 Å². The van der Waals surface area contributed by atoms with Crippen LogP contribution in [0.3, 0.4) is 0 Å². The summed E-state index contributed by atoms with van der Waals surface area (Å²) in [4.78, 5) is 56.0. The Morgan fingerprint density at radius 1 is 0.815 bits per heavy atom. The Morgan fingerprint density at radius 2 is 1.33 bits per heavy atom. The molecule has 0 aliphatic rings. The lowest BCUT2D eigenvalue weighted by molar-refractivity contribution is -0.140. The third-order valence-electron chi connectivity index (χ3n) is 3.60. The molecule has 11 heteroatoms. The lowest BCUT2D eigenvalue weighted by atomic mass is 10.1. The summed E-state index contributed by atoms with van der Waals surface area (Å²) in [5.41, 5.74) is 0. The van der Waals surface area contributed by atoms with E-state index in [1.165, 1.54) is 0 Å². The first-order chi connectivity index (χ1) is 12.5. The summed E-state index contributed by atoms with van der Waals surface area (Å²) in [5, 5.41) is 33.6. The largest absolute Gasteiger partial charge is 0.481 e. The van der Waals surface area contributed by atoms with Crippen molar-refractivity contribution in [2.24, 2.45) is 5.92 Å². The van der Waals surface area contributed by atoms with E-state index in [4.69, 9.17) is 15.3 Å². The second-order valence-electron chi connectivity index (χ2n) is 6.27. The Morgan fingerprint density at radius 3 is 1.78 bits per heavy atom. The summed E-state index contributed by atoms with van der Waals surface area (Å²) < 4.78 is 0. The predicted octanol–water partition coefficient (Wildman–Crippen LogP) is -0.000700. The van der Waals surface area contributed by atoms with Gasteiger partial charge in [0.15, 0.2) is 0 Å². The number of unbranched alkanes of at least 4 members (excludes halogenated alkanes) is 1. The number of carboxylic acid groups (broad SMARTS) is 3. The first-order valence-corrected chi connectivity index (χ1v) is 8.56. The van der Waals surface area contributed by atoms with Gasteiger partial charge in [-0.25, -0.2) is 14.4 Å². The molecule has 0 rings (SSSR count). The van der Waals surface area contributed by atoms with Gasteiger partial charge >= 0.3 is 23.9 Å². The molecule has 154 valence electrons. The first-order valence-electron chi connectivity index (χ1n) is 8.56. The molecule has 0 saturated heterocycles. The predicted molar refractivity (Wildman–Crippen MR) is 93.1 cm³/mol. The highest BCUT2D eigenvalue weighted by molar-refractivity contribution is 5.86. The maximum Gasteiger partial charge on any atom is 0.326 e. The molecule has 0 saturated carbocycles. The molecule has 27 heavy (non-hydrogen) atoms. The Bertz CT molecular complexity index is 550. The van der Waals surface area contributed by atoms with E-state index in [0.29, 0.717) is 19.4 Å². The molecule has 0 aliphatic heterocycles. The van der Waals surface area contributed by atoms with E-state index in [-0.39, 0.29) is 24.7 Å². The lowest BCUT2D eigenvalue weighted by Crippen LogP contribution is -2.51. The van der Waals surface area contributed by atoms with Gasteiger partial charge in [0.2, 0.25) is 5.91 Å². The SMILES string of the molecule is CC(C)C(=O)NCCCC[C@H](NC(=O)N[C@@H](CCC(=O)O)C(=O)O)C(=O)O. The van der Waals surface area contributed by atoms with Gasteiger partial charge in [0.05, 0.1) is 0 Å². The van der Waals surface area contributed by atoms with Crippen molar-refractivity contribution >= 4 is 29.8 Å². The molecule has 3 amide bonds. The summed E-state index contributed by atoms with van der Waals surface area (Å²) in [6.07, 6.45) is 0.235. The number of amides is 3. The van der Waals surface area contributed by atoms with Crippen LogP contribution in [-0.4, -0.2) is 63.8 Å². The zero-order chi connectivity index (χ0) is 21.0. The smallest absolute Gasteiger partial charge is 0.326 e. The Balaban J connectivity index is 4.40.